The minimum atomic E-state index is 0.181. The summed E-state index contributed by atoms with van der Waals surface area (Å²) in [4.78, 5) is 5.30. The van der Waals surface area contributed by atoms with E-state index < -0.39 is 0 Å². The first-order valence-electron chi connectivity index (χ1n) is 17.6. The Balaban J connectivity index is 1.33. The Bertz CT molecular complexity index is 2840. The van der Waals surface area contributed by atoms with Crippen molar-refractivity contribution in [2.75, 3.05) is 0 Å². The van der Waals surface area contributed by atoms with Gasteiger partial charge in [0.05, 0.1) is 0 Å². The van der Waals surface area contributed by atoms with E-state index in [1.54, 1.807) is 0 Å². The molecule has 0 radical (unpaired) electrons. The van der Waals surface area contributed by atoms with Crippen molar-refractivity contribution in [1.29, 1.82) is 0 Å². The van der Waals surface area contributed by atoms with Crippen molar-refractivity contribution < 1.29 is 0 Å². The van der Waals surface area contributed by atoms with Gasteiger partial charge in [0.1, 0.15) is 0 Å². The monoisotopic (exact) mass is 732 g/mol. The number of benzene rings is 6. The van der Waals surface area contributed by atoms with Crippen LogP contribution in [0.25, 0.3) is 86.4 Å². The molecule has 1 aliphatic carbocycles. The van der Waals surface area contributed by atoms with E-state index in [4.69, 9.17) is 10.1 Å². The van der Waals surface area contributed by atoms with Crippen LogP contribution in [0.5, 0.6) is 0 Å². The van der Waals surface area contributed by atoms with Crippen LogP contribution >= 0.6 is 0 Å². The van der Waals surface area contributed by atoms with Gasteiger partial charge in [-0.1, -0.05) is 0 Å². The van der Waals surface area contributed by atoms with Gasteiger partial charge in [0.25, 0.3) is 0 Å². The van der Waals surface area contributed by atoms with E-state index in [1.165, 1.54) is 63.8 Å². The fraction of sp³-hybridized carbons (Fsp3) is 0.0638. The Morgan fingerprint density at radius 2 is 1.23 bits per heavy atom. The maximum atomic E-state index is 5.30. The summed E-state index contributed by atoms with van der Waals surface area (Å²) in [6.07, 6.45) is 2.83. The molecule has 0 saturated heterocycles. The SMILES string of the molecule is Cc1cc2c(c(-c3ccc4[se]c5ccccc5c4c3-c3ncccc3-c3nnnc(-c4ccccc4)c3-c3ccccc3)c1C)Cc1ccccc1-2. The number of hydrogen-bond donors (Lipinski definition) is 0. The fourth-order valence-electron chi connectivity index (χ4n) is 8.14. The van der Waals surface area contributed by atoms with Gasteiger partial charge in [-0.2, -0.15) is 0 Å². The molecule has 52 heavy (non-hydrogen) atoms. The van der Waals surface area contributed by atoms with Gasteiger partial charge in [-0.05, 0) is 0 Å². The zero-order chi connectivity index (χ0) is 34.8. The zero-order valence-electron chi connectivity index (χ0n) is 28.8. The molecule has 0 N–H and O–H groups in total. The molecule has 0 spiro atoms. The van der Waals surface area contributed by atoms with Crippen LogP contribution in [-0.4, -0.2) is 34.9 Å². The summed E-state index contributed by atoms with van der Waals surface area (Å²) in [5.74, 6) is 0. The summed E-state index contributed by atoms with van der Waals surface area (Å²) in [5, 5.41) is 16.5. The summed E-state index contributed by atoms with van der Waals surface area (Å²) in [7, 11) is 0. The van der Waals surface area contributed by atoms with Gasteiger partial charge in [-0.25, -0.2) is 0 Å². The van der Waals surface area contributed by atoms with Crippen molar-refractivity contribution in [1.82, 2.24) is 20.4 Å². The molecule has 0 saturated carbocycles. The van der Waals surface area contributed by atoms with Crippen molar-refractivity contribution in [2.45, 2.75) is 20.3 Å². The van der Waals surface area contributed by atoms with Gasteiger partial charge in [-0.3, -0.25) is 0 Å². The molecule has 10 rings (SSSR count). The Morgan fingerprint density at radius 3 is 2.08 bits per heavy atom. The summed E-state index contributed by atoms with van der Waals surface area (Å²) in [5.41, 5.74) is 18.1. The quantitative estimate of drug-likeness (QED) is 0.165. The number of nitrogens with zero attached hydrogens (tertiary/aromatic N) is 4. The number of aromatic nitrogens is 4. The van der Waals surface area contributed by atoms with Crippen molar-refractivity contribution in [2.24, 2.45) is 0 Å². The van der Waals surface area contributed by atoms with E-state index in [1.807, 2.05) is 36.5 Å². The molecule has 3 aromatic heterocycles. The third-order valence-corrected chi connectivity index (χ3v) is 13.0. The van der Waals surface area contributed by atoms with Crippen LogP contribution in [0.2, 0.25) is 0 Å². The maximum absolute atomic E-state index is 5.30. The van der Waals surface area contributed by atoms with E-state index in [2.05, 4.69) is 133 Å². The number of fused-ring (bicyclic) bond motifs is 6. The third-order valence-electron chi connectivity index (χ3n) is 10.6. The van der Waals surface area contributed by atoms with Crippen LogP contribution in [0.3, 0.4) is 0 Å². The second kappa shape index (κ2) is 12.3. The van der Waals surface area contributed by atoms with Crippen LogP contribution in [0.15, 0.2) is 146 Å². The molecule has 0 unspecified atom stereocenters. The van der Waals surface area contributed by atoms with E-state index in [0.29, 0.717) is 0 Å². The zero-order valence-corrected chi connectivity index (χ0v) is 30.5. The molecular formula is C47H32N4Se. The Labute approximate surface area is 308 Å². The molecule has 0 atom stereocenters. The summed E-state index contributed by atoms with van der Waals surface area (Å²) in [6, 6.07) is 49.8. The average molecular weight is 732 g/mol. The van der Waals surface area contributed by atoms with Crippen molar-refractivity contribution in [3.8, 4) is 67.2 Å². The molecular weight excluding hydrogens is 700 g/mol. The van der Waals surface area contributed by atoms with Crippen LogP contribution < -0.4 is 0 Å². The van der Waals surface area contributed by atoms with Crippen LogP contribution in [0, 0.1) is 13.8 Å². The average Bonchev–Trinajstić information content (AvgIpc) is 3.77. The minimum absolute atomic E-state index is 0.181. The molecule has 0 fully saturated rings. The van der Waals surface area contributed by atoms with Crippen LogP contribution in [0.1, 0.15) is 22.3 Å². The Morgan fingerprint density at radius 1 is 0.519 bits per heavy atom. The van der Waals surface area contributed by atoms with Crippen molar-refractivity contribution in [3.05, 3.63) is 168 Å². The van der Waals surface area contributed by atoms with Crippen molar-refractivity contribution >= 4 is 33.8 Å². The molecule has 0 bridgehead atoms. The molecule has 9 aromatic rings. The second-order valence-corrected chi connectivity index (χ2v) is 15.8. The number of aryl methyl sites for hydroxylation is 1. The standard InChI is InChI=1S/C47H32N4Se/c1-28-26-37-33-19-10-9-18-32(33)27-38(37)41(29(28)2)35-23-24-40-43(34-20-11-12-22-39(34)52-40)44(35)46-36(21-13-25-48-46)47-42(30-14-5-3-6-15-30)45(49-51-50-47)31-16-7-4-8-17-31/h3-26H,27H2,1-2H3. The van der Waals surface area contributed by atoms with Crippen molar-refractivity contribution in [3.63, 3.8) is 0 Å². The van der Waals surface area contributed by atoms with Gasteiger partial charge in [-0.15, -0.1) is 0 Å². The van der Waals surface area contributed by atoms with Crippen LogP contribution in [-0.2, 0) is 6.42 Å². The molecule has 246 valence electrons. The molecule has 3 heterocycles. The van der Waals surface area contributed by atoms with Gasteiger partial charge < -0.3 is 0 Å². The van der Waals surface area contributed by atoms with E-state index in [-0.39, 0.29) is 14.5 Å². The molecule has 6 aromatic carbocycles. The summed E-state index contributed by atoms with van der Waals surface area (Å²) in [6.45, 7) is 4.54. The third kappa shape index (κ3) is 4.81. The van der Waals surface area contributed by atoms with E-state index >= 15 is 0 Å². The molecule has 1 aliphatic rings. The topological polar surface area (TPSA) is 51.6 Å². The normalized spacial score (nSPS) is 12.0. The second-order valence-electron chi connectivity index (χ2n) is 13.5. The predicted molar refractivity (Wildman–Crippen MR) is 214 cm³/mol. The number of pyridine rings is 1. The van der Waals surface area contributed by atoms with Gasteiger partial charge >= 0.3 is 310 Å². The number of hydrogen-bond acceptors (Lipinski definition) is 4. The van der Waals surface area contributed by atoms with Gasteiger partial charge in [0.2, 0.25) is 0 Å². The molecule has 4 nitrogen and oxygen atoms in total. The molecule has 0 amide bonds. The molecule has 0 aliphatic heterocycles. The Kier molecular flexibility index (Phi) is 7.31. The van der Waals surface area contributed by atoms with Gasteiger partial charge in [0.15, 0.2) is 0 Å². The summed E-state index contributed by atoms with van der Waals surface area (Å²) < 4.78 is 2.78. The Hall–Kier alpha value is -6.00. The predicted octanol–water partition coefficient (Wildman–Crippen LogP) is 11.2. The van der Waals surface area contributed by atoms with E-state index in [0.717, 1.165) is 51.3 Å². The molecule has 5 heteroatoms. The van der Waals surface area contributed by atoms with Crippen LogP contribution in [0.4, 0.5) is 0 Å². The first-order chi connectivity index (χ1) is 25.7. The first kappa shape index (κ1) is 30.8. The first-order valence-corrected chi connectivity index (χ1v) is 19.3. The summed E-state index contributed by atoms with van der Waals surface area (Å²) >= 11 is 0.181. The van der Waals surface area contributed by atoms with E-state index in [9.17, 15) is 0 Å². The fourth-order valence-corrected chi connectivity index (χ4v) is 10.5. The van der Waals surface area contributed by atoms with Gasteiger partial charge in [0, 0.05) is 0 Å². The number of rotatable bonds is 5.